The standard InChI is InChI=1S/C14H12Br3N/c1-9-2-3-10(6-12(9)16)8-18-14-5-4-11(15)7-13(14)17/h2-7,18H,8H2,1H3. The maximum atomic E-state index is 3.55. The predicted molar refractivity (Wildman–Crippen MR) is 88.0 cm³/mol. The van der Waals surface area contributed by atoms with Gasteiger partial charge in [-0.2, -0.15) is 0 Å². The van der Waals surface area contributed by atoms with Gasteiger partial charge in [0, 0.05) is 25.7 Å². The maximum absolute atomic E-state index is 3.55. The van der Waals surface area contributed by atoms with Gasteiger partial charge in [0.2, 0.25) is 0 Å². The van der Waals surface area contributed by atoms with E-state index in [4.69, 9.17) is 0 Å². The normalized spacial score (nSPS) is 10.4. The third kappa shape index (κ3) is 3.59. The molecule has 94 valence electrons. The van der Waals surface area contributed by atoms with Crippen LogP contribution < -0.4 is 5.32 Å². The molecule has 0 aliphatic rings. The minimum absolute atomic E-state index is 0.805. The molecule has 0 bridgehead atoms. The van der Waals surface area contributed by atoms with E-state index in [1.165, 1.54) is 11.1 Å². The molecule has 0 saturated carbocycles. The summed E-state index contributed by atoms with van der Waals surface area (Å²) in [5, 5.41) is 3.41. The molecule has 2 rings (SSSR count). The van der Waals surface area contributed by atoms with Crippen LogP contribution in [0.1, 0.15) is 11.1 Å². The van der Waals surface area contributed by atoms with E-state index in [0.29, 0.717) is 0 Å². The number of nitrogens with one attached hydrogen (secondary N) is 1. The number of benzene rings is 2. The second-order valence-corrected chi connectivity index (χ2v) is 6.69. The van der Waals surface area contributed by atoms with Gasteiger partial charge < -0.3 is 5.32 Å². The fraction of sp³-hybridized carbons (Fsp3) is 0.143. The molecular formula is C14H12Br3N. The number of hydrogen-bond donors (Lipinski definition) is 1. The summed E-state index contributed by atoms with van der Waals surface area (Å²) in [6, 6.07) is 12.5. The summed E-state index contributed by atoms with van der Waals surface area (Å²) in [7, 11) is 0. The van der Waals surface area contributed by atoms with E-state index in [9.17, 15) is 0 Å². The van der Waals surface area contributed by atoms with E-state index in [-0.39, 0.29) is 0 Å². The Morgan fingerprint density at radius 1 is 0.944 bits per heavy atom. The molecule has 1 nitrogen and oxygen atoms in total. The van der Waals surface area contributed by atoms with E-state index < -0.39 is 0 Å². The van der Waals surface area contributed by atoms with Crippen LogP contribution in [-0.4, -0.2) is 0 Å². The molecule has 0 saturated heterocycles. The van der Waals surface area contributed by atoms with Crippen molar-refractivity contribution < 1.29 is 0 Å². The van der Waals surface area contributed by atoms with Crippen LogP contribution in [0.4, 0.5) is 5.69 Å². The number of rotatable bonds is 3. The molecule has 0 radical (unpaired) electrons. The third-order valence-electron chi connectivity index (χ3n) is 2.65. The molecule has 0 unspecified atom stereocenters. The van der Waals surface area contributed by atoms with Gasteiger partial charge in [0.25, 0.3) is 0 Å². The highest BCUT2D eigenvalue weighted by Gasteiger charge is 2.01. The lowest BCUT2D eigenvalue weighted by Crippen LogP contribution is -2.00. The summed E-state index contributed by atoms with van der Waals surface area (Å²) in [5.41, 5.74) is 3.60. The molecule has 0 aliphatic carbocycles. The molecule has 0 atom stereocenters. The SMILES string of the molecule is Cc1ccc(CNc2ccc(Br)cc2Br)cc1Br. The number of aryl methyl sites for hydroxylation is 1. The summed E-state index contributed by atoms with van der Waals surface area (Å²) < 4.78 is 3.28. The molecule has 2 aromatic rings. The number of halogens is 3. The van der Waals surface area contributed by atoms with Crippen LogP contribution in [0, 0.1) is 6.92 Å². The van der Waals surface area contributed by atoms with Gasteiger partial charge in [-0.1, -0.05) is 44.0 Å². The molecule has 4 heteroatoms. The van der Waals surface area contributed by atoms with Gasteiger partial charge in [0.05, 0.1) is 0 Å². The molecule has 0 heterocycles. The topological polar surface area (TPSA) is 12.0 Å². The van der Waals surface area contributed by atoms with E-state index in [1.807, 2.05) is 12.1 Å². The Balaban J connectivity index is 2.09. The first-order valence-electron chi connectivity index (χ1n) is 5.50. The number of hydrogen-bond acceptors (Lipinski definition) is 1. The summed E-state index contributed by atoms with van der Waals surface area (Å²) in [6.45, 7) is 2.89. The van der Waals surface area contributed by atoms with Crippen LogP contribution in [0.5, 0.6) is 0 Å². The summed E-state index contributed by atoms with van der Waals surface area (Å²) in [5.74, 6) is 0. The van der Waals surface area contributed by atoms with Gasteiger partial charge in [0.1, 0.15) is 0 Å². The first-order chi connectivity index (χ1) is 8.56. The summed E-state index contributed by atoms with van der Waals surface area (Å²) in [4.78, 5) is 0. The van der Waals surface area contributed by atoms with Gasteiger partial charge in [0.15, 0.2) is 0 Å². The van der Waals surface area contributed by atoms with Crippen LogP contribution in [0.15, 0.2) is 49.8 Å². The second-order valence-electron chi connectivity index (χ2n) is 4.06. The lowest BCUT2D eigenvalue weighted by molar-refractivity contribution is 1.14. The van der Waals surface area contributed by atoms with Gasteiger partial charge in [-0.25, -0.2) is 0 Å². The van der Waals surface area contributed by atoms with Gasteiger partial charge in [-0.05, 0) is 58.2 Å². The first kappa shape index (κ1) is 14.1. The quantitative estimate of drug-likeness (QED) is 0.635. The fourth-order valence-corrected chi connectivity index (χ4v) is 3.19. The number of anilines is 1. The van der Waals surface area contributed by atoms with Crippen LogP contribution in [0.2, 0.25) is 0 Å². The minimum Gasteiger partial charge on any atom is -0.380 e. The van der Waals surface area contributed by atoms with Crippen LogP contribution in [-0.2, 0) is 6.54 Å². The molecule has 18 heavy (non-hydrogen) atoms. The van der Waals surface area contributed by atoms with Crippen molar-refractivity contribution >= 4 is 53.5 Å². The van der Waals surface area contributed by atoms with Crippen molar-refractivity contribution in [3.05, 3.63) is 60.9 Å². The predicted octanol–water partition coefficient (Wildman–Crippen LogP) is 5.89. The Labute approximate surface area is 132 Å². The van der Waals surface area contributed by atoms with Crippen molar-refractivity contribution in [2.75, 3.05) is 5.32 Å². The highest BCUT2D eigenvalue weighted by Crippen LogP contribution is 2.27. The monoisotopic (exact) mass is 431 g/mol. The van der Waals surface area contributed by atoms with E-state index in [1.54, 1.807) is 0 Å². The molecule has 0 aromatic heterocycles. The Kier molecular flexibility index (Phi) is 4.87. The zero-order chi connectivity index (χ0) is 13.1. The largest absolute Gasteiger partial charge is 0.380 e. The van der Waals surface area contributed by atoms with Crippen molar-refractivity contribution in [3.8, 4) is 0 Å². The highest BCUT2D eigenvalue weighted by atomic mass is 79.9. The average Bonchev–Trinajstić information content (AvgIpc) is 2.32. The van der Waals surface area contributed by atoms with Crippen molar-refractivity contribution in [1.82, 2.24) is 0 Å². The van der Waals surface area contributed by atoms with Crippen LogP contribution in [0.25, 0.3) is 0 Å². The Bertz CT molecular complexity index is 567. The van der Waals surface area contributed by atoms with Crippen molar-refractivity contribution in [2.24, 2.45) is 0 Å². The van der Waals surface area contributed by atoms with Crippen molar-refractivity contribution in [2.45, 2.75) is 13.5 Å². The van der Waals surface area contributed by atoms with Crippen molar-refractivity contribution in [3.63, 3.8) is 0 Å². The smallest absolute Gasteiger partial charge is 0.0488 e. The lowest BCUT2D eigenvalue weighted by Gasteiger charge is -2.10. The Hall–Kier alpha value is -0.320. The third-order valence-corrected chi connectivity index (χ3v) is 4.65. The van der Waals surface area contributed by atoms with E-state index >= 15 is 0 Å². The van der Waals surface area contributed by atoms with Crippen LogP contribution >= 0.6 is 47.8 Å². The molecule has 0 fully saturated rings. The molecule has 0 aliphatic heterocycles. The van der Waals surface area contributed by atoms with Gasteiger partial charge in [-0.3, -0.25) is 0 Å². The Morgan fingerprint density at radius 2 is 1.72 bits per heavy atom. The molecule has 0 spiro atoms. The molecular weight excluding hydrogens is 422 g/mol. The molecule has 1 N–H and O–H groups in total. The van der Waals surface area contributed by atoms with Crippen molar-refractivity contribution in [1.29, 1.82) is 0 Å². The minimum atomic E-state index is 0.805. The highest BCUT2D eigenvalue weighted by molar-refractivity contribution is 9.11. The molecule has 2 aromatic carbocycles. The second kappa shape index (κ2) is 6.22. The lowest BCUT2D eigenvalue weighted by atomic mass is 10.1. The van der Waals surface area contributed by atoms with E-state index in [0.717, 1.165) is 25.7 Å². The van der Waals surface area contributed by atoms with Gasteiger partial charge in [-0.15, -0.1) is 0 Å². The average molecular weight is 434 g/mol. The van der Waals surface area contributed by atoms with Gasteiger partial charge >= 0.3 is 0 Å². The zero-order valence-electron chi connectivity index (χ0n) is 9.81. The maximum Gasteiger partial charge on any atom is 0.0488 e. The van der Waals surface area contributed by atoms with E-state index in [2.05, 4.69) is 84.3 Å². The summed E-state index contributed by atoms with van der Waals surface area (Å²) >= 11 is 10.5. The van der Waals surface area contributed by atoms with Crippen LogP contribution in [0.3, 0.4) is 0 Å². The Morgan fingerprint density at radius 3 is 2.39 bits per heavy atom. The molecule has 0 amide bonds. The first-order valence-corrected chi connectivity index (χ1v) is 7.88. The fourth-order valence-electron chi connectivity index (χ4n) is 1.58. The summed E-state index contributed by atoms with van der Waals surface area (Å²) in [6.07, 6.45) is 0. The zero-order valence-corrected chi connectivity index (χ0v) is 14.6.